The first-order valence-corrected chi connectivity index (χ1v) is 7.84. The van der Waals surface area contributed by atoms with E-state index < -0.39 is 11.9 Å². The average Bonchev–Trinajstić information content (AvgIpc) is 3.08. The second-order valence-corrected chi connectivity index (χ2v) is 6.33. The monoisotopic (exact) mass is 307 g/mol. The number of aromatic nitrogens is 2. The predicted molar refractivity (Wildman–Crippen MR) is 75.9 cm³/mol. The van der Waals surface area contributed by atoms with Crippen molar-refractivity contribution in [2.45, 2.75) is 39.0 Å². The Balaban J connectivity index is 1.49. The first-order valence-electron chi connectivity index (χ1n) is 7.84. The van der Waals surface area contributed by atoms with Gasteiger partial charge in [-0.3, -0.25) is 9.59 Å². The lowest BCUT2D eigenvalue weighted by Crippen LogP contribution is -2.29. The van der Waals surface area contributed by atoms with Crippen molar-refractivity contribution in [3.05, 3.63) is 11.7 Å². The highest BCUT2D eigenvalue weighted by Gasteiger charge is 2.46. The maximum Gasteiger partial charge on any atom is 0.308 e. The Labute approximate surface area is 128 Å². The summed E-state index contributed by atoms with van der Waals surface area (Å²) in [4.78, 5) is 29.4. The molecule has 2 heterocycles. The fourth-order valence-electron chi connectivity index (χ4n) is 3.29. The number of aryl methyl sites for hydroxylation is 2. The Morgan fingerprint density at radius 3 is 2.73 bits per heavy atom. The number of hydrogen-bond donors (Lipinski definition) is 1. The Bertz CT molecular complexity index is 567. The van der Waals surface area contributed by atoms with Crippen molar-refractivity contribution in [3.63, 3.8) is 0 Å². The zero-order chi connectivity index (χ0) is 15.7. The van der Waals surface area contributed by atoms with E-state index in [2.05, 4.69) is 10.1 Å². The van der Waals surface area contributed by atoms with Crippen LogP contribution in [0.15, 0.2) is 4.52 Å². The van der Waals surface area contributed by atoms with Gasteiger partial charge in [0, 0.05) is 25.9 Å². The SMILES string of the molecule is Cc1noc(CCCC(=O)N2C[C@H](C(=O)O)[C@@H](C3CC3)C2)n1. The zero-order valence-electron chi connectivity index (χ0n) is 12.7. The van der Waals surface area contributed by atoms with Crippen molar-refractivity contribution in [2.75, 3.05) is 13.1 Å². The molecule has 1 aliphatic heterocycles. The van der Waals surface area contributed by atoms with Crippen LogP contribution in [-0.2, 0) is 16.0 Å². The summed E-state index contributed by atoms with van der Waals surface area (Å²) in [6.07, 6.45) is 3.82. The summed E-state index contributed by atoms with van der Waals surface area (Å²) >= 11 is 0. The minimum Gasteiger partial charge on any atom is -0.481 e. The number of carboxylic acid groups (broad SMARTS) is 1. The molecule has 7 heteroatoms. The minimum absolute atomic E-state index is 0.0330. The summed E-state index contributed by atoms with van der Waals surface area (Å²) in [5, 5.41) is 13.0. The number of rotatable bonds is 6. The van der Waals surface area contributed by atoms with Crippen LogP contribution in [0.4, 0.5) is 0 Å². The molecule has 0 unspecified atom stereocenters. The van der Waals surface area contributed by atoms with Gasteiger partial charge in [-0.05, 0) is 38.0 Å². The Morgan fingerprint density at radius 1 is 1.36 bits per heavy atom. The van der Waals surface area contributed by atoms with Crippen LogP contribution < -0.4 is 0 Å². The molecule has 2 atom stereocenters. The van der Waals surface area contributed by atoms with Gasteiger partial charge < -0.3 is 14.5 Å². The third-order valence-electron chi connectivity index (χ3n) is 4.61. The quantitative estimate of drug-likeness (QED) is 0.850. The van der Waals surface area contributed by atoms with Crippen molar-refractivity contribution >= 4 is 11.9 Å². The van der Waals surface area contributed by atoms with Crippen molar-refractivity contribution in [1.82, 2.24) is 15.0 Å². The molecule has 3 rings (SSSR count). The lowest BCUT2D eigenvalue weighted by molar-refractivity contribution is -0.142. The molecule has 0 aromatic carbocycles. The Morgan fingerprint density at radius 2 is 2.14 bits per heavy atom. The predicted octanol–water partition coefficient (Wildman–Crippen LogP) is 1.27. The van der Waals surface area contributed by atoms with Gasteiger partial charge in [0.15, 0.2) is 5.82 Å². The van der Waals surface area contributed by atoms with Crippen LogP contribution in [0, 0.1) is 24.7 Å². The van der Waals surface area contributed by atoms with E-state index in [-0.39, 0.29) is 11.8 Å². The first kappa shape index (κ1) is 15.0. The van der Waals surface area contributed by atoms with E-state index in [1.54, 1.807) is 11.8 Å². The van der Waals surface area contributed by atoms with E-state index in [0.29, 0.717) is 50.0 Å². The highest BCUT2D eigenvalue weighted by Crippen LogP contribution is 2.44. The highest BCUT2D eigenvalue weighted by atomic mass is 16.5. The van der Waals surface area contributed by atoms with Gasteiger partial charge in [-0.15, -0.1) is 0 Å². The second kappa shape index (κ2) is 6.06. The van der Waals surface area contributed by atoms with Crippen molar-refractivity contribution in [2.24, 2.45) is 17.8 Å². The van der Waals surface area contributed by atoms with Crippen LogP contribution in [0.1, 0.15) is 37.4 Å². The fourth-order valence-corrected chi connectivity index (χ4v) is 3.29. The van der Waals surface area contributed by atoms with Gasteiger partial charge in [-0.2, -0.15) is 4.98 Å². The molecule has 7 nitrogen and oxygen atoms in total. The summed E-state index contributed by atoms with van der Waals surface area (Å²) in [6, 6.07) is 0. The van der Waals surface area contributed by atoms with Gasteiger partial charge in [-0.1, -0.05) is 5.16 Å². The molecule has 120 valence electrons. The number of carboxylic acids is 1. The number of aliphatic carboxylic acids is 1. The van der Waals surface area contributed by atoms with Gasteiger partial charge in [0.05, 0.1) is 5.92 Å². The smallest absolute Gasteiger partial charge is 0.308 e. The lowest BCUT2D eigenvalue weighted by Gasteiger charge is -2.15. The van der Waals surface area contributed by atoms with Crippen LogP contribution in [0.2, 0.25) is 0 Å². The summed E-state index contributed by atoms with van der Waals surface area (Å²) in [5.74, 6) is 0.651. The maximum absolute atomic E-state index is 12.3. The van der Waals surface area contributed by atoms with Crippen molar-refractivity contribution in [1.29, 1.82) is 0 Å². The van der Waals surface area contributed by atoms with Crippen LogP contribution >= 0.6 is 0 Å². The van der Waals surface area contributed by atoms with Gasteiger partial charge in [0.2, 0.25) is 11.8 Å². The molecule has 22 heavy (non-hydrogen) atoms. The van der Waals surface area contributed by atoms with Crippen LogP contribution in [0.3, 0.4) is 0 Å². The Kier molecular flexibility index (Phi) is 4.13. The van der Waals surface area contributed by atoms with Crippen molar-refractivity contribution in [3.8, 4) is 0 Å². The molecule has 1 aliphatic carbocycles. The third kappa shape index (κ3) is 3.28. The summed E-state index contributed by atoms with van der Waals surface area (Å²) < 4.78 is 5.01. The molecule has 2 aliphatic rings. The van der Waals surface area contributed by atoms with E-state index in [1.807, 2.05) is 0 Å². The van der Waals surface area contributed by atoms with Gasteiger partial charge in [0.1, 0.15) is 0 Å². The second-order valence-electron chi connectivity index (χ2n) is 6.33. The standard InChI is InChI=1S/C15H21N3O4/c1-9-16-13(22-17-9)3-2-4-14(19)18-7-11(10-5-6-10)12(8-18)15(20)21/h10-12H,2-8H2,1H3,(H,20,21)/t11-,12+/m1/s1. The molecule has 1 saturated carbocycles. The number of hydrogen-bond acceptors (Lipinski definition) is 5. The summed E-state index contributed by atoms with van der Waals surface area (Å²) in [5.41, 5.74) is 0. The van der Waals surface area contributed by atoms with E-state index in [9.17, 15) is 14.7 Å². The number of carbonyl (C=O) groups is 2. The molecule has 1 N–H and O–H groups in total. The number of likely N-dealkylation sites (tertiary alicyclic amines) is 1. The molecule has 1 amide bonds. The van der Waals surface area contributed by atoms with E-state index in [1.165, 1.54) is 0 Å². The lowest BCUT2D eigenvalue weighted by atomic mass is 9.92. The fraction of sp³-hybridized carbons (Fsp3) is 0.733. The minimum atomic E-state index is -0.770. The molecule has 1 saturated heterocycles. The van der Waals surface area contributed by atoms with E-state index in [0.717, 1.165) is 12.8 Å². The van der Waals surface area contributed by atoms with Gasteiger partial charge in [-0.25, -0.2) is 0 Å². The van der Waals surface area contributed by atoms with Crippen LogP contribution in [0.5, 0.6) is 0 Å². The molecule has 0 spiro atoms. The molecule has 0 bridgehead atoms. The maximum atomic E-state index is 12.3. The summed E-state index contributed by atoms with van der Waals surface area (Å²) in [7, 11) is 0. The normalized spacial score (nSPS) is 24.7. The molecular formula is C15H21N3O4. The van der Waals surface area contributed by atoms with E-state index >= 15 is 0 Å². The van der Waals surface area contributed by atoms with Gasteiger partial charge in [0.25, 0.3) is 0 Å². The molecule has 0 radical (unpaired) electrons. The highest BCUT2D eigenvalue weighted by molar-refractivity contribution is 5.79. The third-order valence-corrected chi connectivity index (χ3v) is 4.61. The summed E-state index contributed by atoms with van der Waals surface area (Å²) in [6.45, 7) is 2.71. The number of carbonyl (C=O) groups excluding carboxylic acids is 1. The largest absolute Gasteiger partial charge is 0.481 e. The van der Waals surface area contributed by atoms with E-state index in [4.69, 9.17) is 4.52 Å². The van der Waals surface area contributed by atoms with Gasteiger partial charge >= 0.3 is 5.97 Å². The Hall–Kier alpha value is -1.92. The van der Waals surface area contributed by atoms with Crippen LogP contribution in [-0.4, -0.2) is 45.1 Å². The first-order chi connectivity index (χ1) is 10.5. The molecule has 1 aromatic heterocycles. The molecular weight excluding hydrogens is 286 g/mol. The average molecular weight is 307 g/mol. The van der Waals surface area contributed by atoms with Crippen molar-refractivity contribution < 1.29 is 19.2 Å². The topological polar surface area (TPSA) is 96.5 Å². The number of amides is 1. The number of nitrogens with zero attached hydrogens (tertiary/aromatic N) is 3. The molecule has 1 aromatic rings. The molecule has 2 fully saturated rings. The van der Waals surface area contributed by atoms with Crippen LogP contribution in [0.25, 0.3) is 0 Å². The zero-order valence-corrected chi connectivity index (χ0v) is 12.7.